The molecule has 0 N–H and O–H groups in total. The lowest BCUT2D eigenvalue weighted by atomic mass is 10.2. The monoisotopic (exact) mass is 400 g/mol. The third kappa shape index (κ3) is 17.3. The zero-order valence-corrected chi connectivity index (χ0v) is 16.5. The molecular weight excluding hydrogens is 369 g/mol. The molecule has 0 unspecified atom stereocenters. The fourth-order valence-corrected chi connectivity index (χ4v) is 2.14. The Balaban J connectivity index is 3.62. The van der Waals surface area contributed by atoms with Crippen LogP contribution in [0.2, 0.25) is 0 Å². The molecule has 0 aromatic rings. The molecule has 0 saturated carbocycles. The highest BCUT2D eigenvalue weighted by molar-refractivity contribution is 5.88. The van der Waals surface area contributed by atoms with Crippen molar-refractivity contribution in [2.75, 3.05) is 0 Å². The molecule has 0 aliphatic carbocycles. The van der Waals surface area contributed by atoms with Gasteiger partial charge in [0.15, 0.2) is 0 Å². The maximum atomic E-state index is 11.9. The van der Waals surface area contributed by atoms with E-state index in [0.29, 0.717) is 12.8 Å². The number of alkyl halides is 3. The van der Waals surface area contributed by atoms with Crippen molar-refractivity contribution in [1.29, 1.82) is 0 Å². The van der Waals surface area contributed by atoms with Gasteiger partial charge in [-0.05, 0) is 44.9 Å². The standard InChI is InChI=1S/C22H31F3O3/c1-2-3-4-5-6-7-8-9-10-11-12-13-14-15-16-17-18-19-20(26)28-21(27)22(23,24)25/h6-7,9-10,12-13,15-16H,2-5,8,11,14,17-19H2,1H3/b7-6-,10-9-,13-12-,16-15-. The van der Waals surface area contributed by atoms with Crippen molar-refractivity contribution in [1.82, 2.24) is 0 Å². The fourth-order valence-electron chi connectivity index (χ4n) is 2.14. The molecule has 0 aromatic heterocycles. The van der Waals surface area contributed by atoms with Crippen molar-refractivity contribution < 1.29 is 27.5 Å². The molecule has 0 rings (SSSR count). The van der Waals surface area contributed by atoms with E-state index in [1.165, 1.54) is 19.3 Å². The van der Waals surface area contributed by atoms with Gasteiger partial charge in [-0.25, -0.2) is 4.79 Å². The Morgan fingerprint density at radius 2 is 1.21 bits per heavy atom. The van der Waals surface area contributed by atoms with E-state index in [1.54, 1.807) is 0 Å². The molecule has 0 spiro atoms. The summed E-state index contributed by atoms with van der Waals surface area (Å²) in [6.45, 7) is 2.20. The maximum Gasteiger partial charge on any atom is 0.491 e. The number of carbonyl (C=O) groups is 2. The molecule has 3 nitrogen and oxygen atoms in total. The maximum absolute atomic E-state index is 11.9. The van der Waals surface area contributed by atoms with E-state index in [2.05, 4.69) is 42.0 Å². The molecule has 0 amide bonds. The molecule has 0 fully saturated rings. The van der Waals surface area contributed by atoms with Crippen LogP contribution in [0.25, 0.3) is 0 Å². The topological polar surface area (TPSA) is 43.4 Å². The highest BCUT2D eigenvalue weighted by Crippen LogP contribution is 2.17. The minimum absolute atomic E-state index is 0.222. The summed E-state index contributed by atoms with van der Waals surface area (Å²) < 4.78 is 39.4. The first kappa shape index (κ1) is 25.9. The molecule has 0 atom stereocenters. The summed E-state index contributed by atoms with van der Waals surface area (Å²) >= 11 is 0. The van der Waals surface area contributed by atoms with Crippen LogP contribution in [0.3, 0.4) is 0 Å². The molecule has 6 heteroatoms. The zero-order valence-electron chi connectivity index (χ0n) is 16.5. The van der Waals surface area contributed by atoms with E-state index in [-0.39, 0.29) is 6.42 Å². The van der Waals surface area contributed by atoms with Crippen molar-refractivity contribution in [3.8, 4) is 0 Å². The number of halogens is 3. The highest BCUT2D eigenvalue weighted by Gasteiger charge is 2.42. The summed E-state index contributed by atoms with van der Waals surface area (Å²) in [5, 5.41) is 0. The van der Waals surface area contributed by atoms with E-state index in [1.807, 2.05) is 18.2 Å². The summed E-state index contributed by atoms with van der Waals surface area (Å²) in [7, 11) is 0. The molecule has 0 aromatic carbocycles. The van der Waals surface area contributed by atoms with Gasteiger partial charge in [-0.1, -0.05) is 68.4 Å². The van der Waals surface area contributed by atoms with Crippen LogP contribution >= 0.6 is 0 Å². The lowest BCUT2D eigenvalue weighted by molar-refractivity contribution is -0.201. The Hall–Kier alpha value is -2.11. The molecule has 158 valence electrons. The van der Waals surface area contributed by atoms with E-state index in [9.17, 15) is 22.8 Å². The number of carbonyl (C=O) groups excluding carboxylic acids is 2. The molecule has 0 saturated heterocycles. The normalized spacial score (nSPS) is 12.7. The first-order valence-corrected chi connectivity index (χ1v) is 9.79. The molecule has 28 heavy (non-hydrogen) atoms. The Bertz CT molecular complexity index is 544. The van der Waals surface area contributed by atoms with Crippen molar-refractivity contribution in [3.63, 3.8) is 0 Å². The summed E-state index contributed by atoms with van der Waals surface area (Å²) in [5.41, 5.74) is 0. The Morgan fingerprint density at radius 1 is 0.750 bits per heavy atom. The van der Waals surface area contributed by atoms with Gasteiger partial charge in [0.2, 0.25) is 0 Å². The van der Waals surface area contributed by atoms with Crippen LogP contribution < -0.4 is 0 Å². The number of hydrogen-bond donors (Lipinski definition) is 0. The van der Waals surface area contributed by atoms with Crippen molar-refractivity contribution in [3.05, 3.63) is 48.6 Å². The number of rotatable bonds is 14. The van der Waals surface area contributed by atoms with Gasteiger partial charge >= 0.3 is 18.1 Å². The van der Waals surface area contributed by atoms with E-state index < -0.39 is 18.1 Å². The summed E-state index contributed by atoms with van der Waals surface area (Å²) in [4.78, 5) is 21.5. The second kappa shape index (κ2) is 17.0. The van der Waals surface area contributed by atoms with Crippen molar-refractivity contribution >= 4 is 11.9 Å². The van der Waals surface area contributed by atoms with E-state index in [0.717, 1.165) is 25.7 Å². The summed E-state index contributed by atoms with van der Waals surface area (Å²) in [6.07, 6.45) is 19.6. The molecule has 0 radical (unpaired) electrons. The van der Waals surface area contributed by atoms with Crippen LogP contribution in [0.4, 0.5) is 13.2 Å². The van der Waals surface area contributed by atoms with Crippen LogP contribution in [0.1, 0.15) is 71.1 Å². The van der Waals surface area contributed by atoms with Gasteiger partial charge in [0.05, 0.1) is 0 Å². The predicted octanol–water partition coefficient (Wildman–Crippen LogP) is 6.76. The number of hydrogen-bond acceptors (Lipinski definition) is 3. The van der Waals surface area contributed by atoms with Gasteiger partial charge in [-0.2, -0.15) is 13.2 Å². The third-order valence-electron chi connectivity index (χ3n) is 3.65. The molecule has 0 aliphatic heterocycles. The smallest absolute Gasteiger partial charge is 0.386 e. The average Bonchev–Trinajstić information content (AvgIpc) is 2.63. The fraction of sp³-hybridized carbons (Fsp3) is 0.545. The van der Waals surface area contributed by atoms with Gasteiger partial charge < -0.3 is 4.74 Å². The van der Waals surface area contributed by atoms with Crippen LogP contribution in [-0.4, -0.2) is 18.1 Å². The zero-order chi connectivity index (χ0) is 21.1. The molecule has 0 bridgehead atoms. The third-order valence-corrected chi connectivity index (χ3v) is 3.65. The Kier molecular flexibility index (Phi) is 15.7. The van der Waals surface area contributed by atoms with Crippen LogP contribution in [-0.2, 0) is 14.3 Å². The molecular formula is C22H31F3O3. The van der Waals surface area contributed by atoms with Crippen molar-refractivity contribution in [2.45, 2.75) is 77.3 Å². The molecule has 0 heterocycles. The Labute approximate surface area is 166 Å². The van der Waals surface area contributed by atoms with Gasteiger partial charge in [0.25, 0.3) is 0 Å². The number of esters is 2. The number of allylic oxidation sites excluding steroid dienone is 8. The van der Waals surface area contributed by atoms with Gasteiger partial charge in [0.1, 0.15) is 0 Å². The second-order valence-electron chi connectivity index (χ2n) is 6.24. The van der Waals surface area contributed by atoms with E-state index >= 15 is 0 Å². The van der Waals surface area contributed by atoms with Gasteiger partial charge in [0, 0.05) is 6.42 Å². The average molecular weight is 400 g/mol. The highest BCUT2D eigenvalue weighted by atomic mass is 19.4. The lowest BCUT2D eigenvalue weighted by Crippen LogP contribution is -2.27. The lowest BCUT2D eigenvalue weighted by Gasteiger charge is -2.04. The molecule has 0 aliphatic rings. The van der Waals surface area contributed by atoms with Gasteiger partial charge in [-0.15, -0.1) is 0 Å². The predicted molar refractivity (Wildman–Crippen MR) is 106 cm³/mol. The van der Waals surface area contributed by atoms with Crippen LogP contribution in [0.5, 0.6) is 0 Å². The minimum atomic E-state index is -5.14. The van der Waals surface area contributed by atoms with Gasteiger partial charge in [-0.3, -0.25) is 4.79 Å². The van der Waals surface area contributed by atoms with Crippen LogP contribution in [0.15, 0.2) is 48.6 Å². The number of unbranched alkanes of at least 4 members (excludes halogenated alkanes) is 4. The van der Waals surface area contributed by atoms with E-state index in [4.69, 9.17) is 0 Å². The largest absolute Gasteiger partial charge is 0.491 e. The first-order valence-electron chi connectivity index (χ1n) is 9.79. The number of ether oxygens (including phenoxy) is 1. The Morgan fingerprint density at radius 3 is 1.68 bits per heavy atom. The first-order chi connectivity index (χ1) is 13.4. The summed E-state index contributed by atoms with van der Waals surface area (Å²) in [6, 6.07) is 0. The minimum Gasteiger partial charge on any atom is -0.386 e. The SMILES string of the molecule is CCCCC/C=C\C/C=C\C/C=C\C/C=C\CCCC(=O)OC(=O)C(F)(F)F. The summed E-state index contributed by atoms with van der Waals surface area (Å²) in [5.74, 6) is -3.62. The van der Waals surface area contributed by atoms with Crippen LogP contribution in [0, 0.1) is 0 Å². The second-order valence-corrected chi connectivity index (χ2v) is 6.24. The van der Waals surface area contributed by atoms with Crippen molar-refractivity contribution in [2.24, 2.45) is 0 Å². The quantitative estimate of drug-likeness (QED) is 0.140.